The van der Waals surface area contributed by atoms with Gasteiger partial charge in [-0.25, -0.2) is 0 Å². The SMILES string of the molecule is CCN1CCOc2c(cccc2NCC(=O)N(CCNC(C)C)Cc2ccccc2C(F)(F)F)C1. The first kappa shape index (κ1) is 26.8. The molecular weight excluding hydrogens is 457 g/mol. The molecule has 2 aromatic carbocycles. The van der Waals surface area contributed by atoms with Crippen molar-refractivity contribution >= 4 is 11.6 Å². The highest BCUT2D eigenvalue weighted by molar-refractivity contribution is 5.81. The molecule has 0 saturated heterocycles. The van der Waals surface area contributed by atoms with Gasteiger partial charge in [0.2, 0.25) is 5.91 Å². The van der Waals surface area contributed by atoms with E-state index in [0.717, 1.165) is 37.0 Å². The maximum atomic E-state index is 13.5. The van der Waals surface area contributed by atoms with Crippen LogP contribution in [0.15, 0.2) is 42.5 Å². The Kier molecular flexibility index (Phi) is 9.40. The van der Waals surface area contributed by atoms with Crippen molar-refractivity contribution < 1.29 is 22.7 Å². The Bertz CT molecular complexity index is 981. The molecule has 0 atom stereocenters. The Morgan fingerprint density at radius 1 is 1.17 bits per heavy atom. The fourth-order valence-electron chi connectivity index (χ4n) is 4.09. The lowest BCUT2D eigenvalue weighted by molar-refractivity contribution is -0.139. The van der Waals surface area contributed by atoms with Crippen LogP contribution in [0.2, 0.25) is 0 Å². The van der Waals surface area contributed by atoms with Crippen LogP contribution in [0, 0.1) is 0 Å². The molecule has 9 heteroatoms. The minimum Gasteiger partial charge on any atom is -0.490 e. The van der Waals surface area contributed by atoms with Crippen molar-refractivity contribution in [1.29, 1.82) is 0 Å². The molecule has 0 saturated carbocycles. The molecule has 2 aromatic rings. The Morgan fingerprint density at radius 3 is 2.66 bits per heavy atom. The molecule has 0 aliphatic carbocycles. The zero-order valence-electron chi connectivity index (χ0n) is 20.6. The van der Waals surface area contributed by atoms with Crippen LogP contribution in [0.1, 0.15) is 37.5 Å². The van der Waals surface area contributed by atoms with Crippen LogP contribution in [0.25, 0.3) is 0 Å². The van der Waals surface area contributed by atoms with Gasteiger partial charge in [-0.15, -0.1) is 0 Å². The van der Waals surface area contributed by atoms with Gasteiger partial charge in [0.15, 0.2) is 0 Å². The van der Waals surface area contributed by atoms with Gasteiger partial charge in [-0.2, -0.15) is 13.2 Å². The number of nitrogens with zero attached hydrogens (tertiary/aromatic N) is 2. The summed E-state index contributed by atoms with van der Waals surface area (Å²) in [6, 6.07) is 11.4. The summed E-state index contributed by atoms with van der Waals surface area (Å²) in [6.45, 7) is 9.71. The van der Waals surface area contributed by atoms with E-state index in [4.69, 9.17) is 4.74 Å². The number of anilines is 1. The van der Waals surface area contributed by atoms with Gasteiger partial charge >= 0.3 is 6.18 Å². The molecule has 1 aliphatic rings. The van der Waals surface area contributed by atoms with Crippen LogP contribution >= 0.6 is 0 Å². The maximum absolute atomic E-state index is 13.5. The fourth-order valence-corrected chi connectivity index (χ4v) is 4.09. The zero-order valence-corrected chi connectivity index (χ0v) is 20.6. The van der Waals surface area contributed by atoms with Crippen LogP contribution in [0.3, 0.4) is 0 Å². The number of halogens is 3. The van der Waals surface area contributed by atoms with Gasteiger partial charge in [-0.1, -0.05) is 51.1 Å². The molecule has 3 rings (SSSR count). The fraction of sp³-hybridized carbons (Fsp3) is 0.500. The minimum absolute atomic E-state index is 0.0484. The summed E-state index contributed by atoms with van der Waals surface area (Å²) in [7, 11) is 0. The summed E-state index contributed by atoms with van der Waals surface area (Å²) in [6.07, 6.45) is -4.48. The first-order valence-corrected chi connectivity index (χ1v) is 12.1. The number of hydrogen-bond acceptors (Lipinski definition) is 5. The molecule has 35 heavy (non-hydrogen) atoms. The van der Waals surface area contributed by atoms with Crippen LogP contribution in [0.5, 0.6) is 5.75 Å². The number of ether oxygens (including phenoxy) is 1. The van der Waals surface area contributed by atoms with Gasteiger partial charge in [0.05, 0.1) is 17.8 Å². The molecule has 1 amide bonds. The normalized spacial score (nSPS) is 14.3. The predicted molar refractivity (Wildman–Crippen MR) is 131 cm³/mol. The third-order valence-electron chi connectivity index (χ3n) is 5.99. The van der Waals surface area contributed by atoms with Gasteiger partial charge in [0.1, 0.15) is 12.4 Å². The van der Waals surface area contributed by atoms with E-state index >= 15 is 0 Å². The topological polar surface area (TPSA) is 56.8 Å². The molecular formula is C26H35F3N4O2. The van der Waals surface area contributed by atoms with Crippen LogP contribution in [0.4, 0.5) is 18.9 Å². The Labute approximate surface area is 205 Å². The lowest BCUT2D eigenvalue weighted by Gasteiger charge is -2.26. The number of fused-ring (bicyclic) bond motifs is 1. The van der Waals surface area contributed by atoms with Crippen molar-refractivity contribution in [3.05, 3.63) is 59.2 Å². The van der Waals surface area contributed by atoms with Gasteiger partial charge in [0, 0.05) is 44.3 Å². The zero-order chi connectivity index (χ0) is 25.4. The summed E-state index contributed by atoms with van der Waals surface area (Å²) >= 11 is 0. The number of hydrogen-bond donors (Lipinski definition) is 2. The number of likely N-dealkylation sites (N-methyl/N-ethyl adjacent to an activating group) is 1. The number of benzene rings is 2. The van der Waals surface area contributed by atoms with E-state index in [9.17, 15) is 18.0 Å². The lowest BCUT2D eigenvalue weighted by atomic mass is 10.1. The number of carbonyl (C=O) groups excluding carboxylic acids is 1. The highest BCUT2D eigenvalue weighted by Gasteiger charge is 2.33. The van der Waals surface area contributed by atoms with E-state index in [2.05, 4.69) is 22.5 Å². The standard InChI is InChI=1S/C26H35F3N4O2/c1-4-32-14-15-35-25-21(17-32)9-7-11-23(25)31-16-24(34)33(13-12-30-19(2)3)18-20-8-5-6-10-22(20)26(27,28)29/h5-11,19,30-31H,4,12-18H2,1-3H3. The Morgan fingerprint density at radius 2 is 1.94 bits per heavy atom. The monoisotopic (exact) mass is 492 g/mol. The van der Waals surface area contributed by atoms with Gasteiger partial charge in [-0.05, 0) is 24.2 Å². The van der Waals surface area contributed by atoms with E-state index in [1.807, 2.05) is 32.0 Å². The predicted octanol–water partition coefficient (Wildman–Crippen LogP) is 4.36. The third kappa shape index (κ3) is 7.60. The summed E-state index contributed by atoms with van der Waals surface area (Å²) in [5, 5.41) is 6.40. The molecule has 1 heterocycles. The van der Waals surface area contributed by atoms with Crippen LogP contribution in [-0.4, -0.2) is 61.1 Å². The van der Waals surface area contributed by atoms with E-state index in [1.165, 1.54) is 17.0 Å². The van der Waals surface area contributed by atoms with Crippen LogP contribution in [-0.2, 0) is 24.1 Å². The van der Waals surface area contributed by atoms with E-state index < -0.39 is 11.7 Å². The van der Waals surface area contributed by atoms with Crippen molar-refractivity contribution in [2.24, 2.45) is 0 Å². The number of carbonyl (C=O) groups is 1. The van der Waals surface area contributed by atoms with Crippen molar-refractivity contribution in [3.8, 4) is 5.75 Å². The lowest BCUT2D eigenvalue weighted by Crippen LogP contribution is -2.41. The minimum atomic E-state index is -4.48. The van der Waals surface area contributed by atoms with E-state index in [-0.39, 0.29) is 30.6 Å². The number of rotatable bonds is 10. The highest BCUT2D eigenvalue weighted by Crippen LogP contribution is 2.33. The molecule has 6 nitrogen and oxygen atoms in total. The van der Waals surface area contributed by atoms with E-state index in [1.54, 1.807) is 6.07 Å². The molecule has 2 N–H and O–H groups in total. The molecule has 1 aliphatic heterocycles. The Balaban J connectivity index is 1.75. The number of para-hydroxylation sites is 1. The number of alkyl halides is 3. The van der Waals surface area contributed by atoms with Gasteiger partial charge < -0.3 is 20.3 Å². The average molecular weight is 493 g/mol. The molecule has 0 bridgehead atoms. The summed E-state index contributed by atoms with van der Waals surface area (Å²) in [4.78, 5) is 16.9. The second-order valence-corrected chi connectivity index (χ2v) is 8.94. The second-order valence-electron chi connectivity index (χ2n) is 8.94. The van der Waals surface area contributed by atoms with Crippen molar-refractivity contribution in [2.45, 2.75) is 46.1 Å². The summed E-state index contributed by atoms with van der Waals surface area (Å²) in [5.41, 5.74) is 1.11. The van der Waals surface area contributed by atoms with Gasteiger partial charge in [0.25, 0.3) is 0 Å². The van der Waals surface area contributed by atoms with E-state index in [0.29, 0.717) is 25.4 Å². The maximum Gasteiger partial charge on any atom is 0.416 e. The molecule has 0 spiro atoms. The second kappa shape index (κ2) is 12.3. The average Bonchev–Trinajstić information content (AvgIpc) is 3.03. The molecule has 0 aromatic heterocycles. The largest absolute Gasteiger partial charge is 0.490 e. The molecule has 0 radical (unpaired) electrons. The number of nitrogens with one attached hydrogen (secondary N) is 2. The first-order valence-electron chi connectivity index (χ1n) is 12.1. The quantitative estimate of drug-likeness (QED) is 0.516. The summed E-state index contributed by atoms with van der Waals surface area (Å²) in [5.74, 6) is 0.445. The van der Waals surface area contributed by atoms with Crippen molar-refractivity contribution in [2.75, 3.05) is 44.6 Å². The molecule has 0 unspecified atom stereocenters. The highest BCUT2D eigenvalue weighted by atomic mass is 19.4. The molecule has 0 fully saturated rings. The summed E-state index contributed by atoms with van der Waals surface area (Å²) < 4.78 is 46.6. The van der Waals surface area contributed by atoms with Crippen molar-refractivity contribution in [1.82, 2.24) is 15.1 Å². The smallest absolute Gasteiger partial charge is 0.416 e. The number of amides is 1. The van der Waals surface area contributed by atoms with Crippen LogP contribution < -0.4 is 15.4 Å². The van der Waals surface area contributed by atoms with Crippen molar-refractivity contribution in [3.63, 3.8) is 0 Å². The first-order chi connectivity index (χ1) is 16.7. The van der Waals surface area contributed by atoms with Gasteiger partial charge in [-0.3, -0.25) is 9.69 Å². The molecule has 192 valence electrons. The third-order valence-corrected chi connectivity index (χ3v) is 5.99. The Hall–Kier alpha value is -2.78.